The summed E-state index contributed by atoms with van der Waals surface area (Å²) in [4.78, 5) is 30.3. The number of hydrogen-bond donors (Lipinski definition) is 1. The Kier molecular flexibility index (Phi) is 7.53. The van der Waals surface area contributed by atoms with Crippen molar-refractivity contribution in [1.29, 1.82) is 0 Å². The molecule has 2 heterocycles. The van der Waals surface area contributed by atoms with E-state index in [0.29, 0.717) is 37.1 Å². The highest BCUT2D eigenvalue weighted by atomic mass is 19.3. The van der Waals surface area contributed by atoms with E-state index in [2.05, 4.69) is 15.0 Å². The van der Waals surface area contributed by atoms with Crippen molar-refractivity contribution < 1.29 is 27.8 Å². The SMILES string of the molecule is COc1cc(/C=C/C(=O)N2CCC(NC(=O)c3cccnc3)CC2)ccc1OC(F)F. The van der Waals surface area contributed by atoms with E-state index in [4.69, 9.17) is 4.74 Å². The maximum atomic E-state index is 12.5. The molecule has 2 amide bonds. The van der Waals surface area contributed by atoms with Gasteiger partial charge in [0.1, 0.15) is 0 Å². The van der Waals surface area contributed by atoms with Gasteiger partial charge in [-0.15, -0.1) is 0 Å². The summed E-state index contributed by atoms with van der Waals surface area (Å²) in [5, 5.41) is 2.97. The summed E-state index contributed by atoms with van der Waals surface area (Å²) < 4.78 is 34.3. The molecule has 1 aliphatic heterocycles. The number of hydrogen-bond acceptors (Lipinski definition) is 5. The largest absolute Gasteiger partial charge is 0.493 e. The molecule has 1 saturated heterocycles. The number of amides is 2. The molecule has 1 N–H and O–H groups in total. The number of nitrogens with one attached hydrogen (secondary N) is 1. The molecule has 0 bridgehead atoms. The van der Waals surface area contributed by atoms with Crippen molar-refractivity contribution in [3.05, 3.63) is 59.9 Å². The Morgan fingerprint density at radius 2 is 2.00 bits per heavy atom. The van der Waals surface area contributed by atoms with Crippen LogP contribution in [0.5, 0.6) is 11.5 Å². The first-order valence-corrected chi connectivity index (χ1v) is 9.77. The molecule has 0 saturated carbocycles. The van der Waals surface area contributed by atoms with Crippen LogP contribution in [0.2, 0.25) is 0 Å². The van der Waals surface area contributed by atoms with E-state index in [1.807, 2.05) is 0 Å². The number of nitrogens with zero attached hydrogens (tertiary/aromatic N) is 2. The normalized spacial score (nSPS) is 14.6. The number of alkyl halides is 2. The van der Waals surface area contributed by atoms with Gasteiger partial charge < -0.3 is 19.7 Å². The van der Waals surface area contributed by atoms with Crippen molar-refractivity contribution in [2.24, 2.45) is 0 Å². The number of ether oxygens (including phenoxy) is 2. The number of carbonyl (C=O) groups excluding carboxylic acids is 2. The first-order chi connectivity index (χ1) is 15.0. The van der Waals surface area contributed by atoms with Crippen LogP contribution in [0.15, 0.2) is 48.8 Å². The number of pyridine rings is 1. The minimum Gasteiger partial charge on any atom is -0.493 e. The Morgan fingerprint density at radius 1 is 1.23 bits per heavy atom. The molecule has 0 aliphatic carbocycles. The van der Waals surface area contributed by atoms with E-state index in [-0.39, 0.29) is 29.4 Å². The van der Waals surface area contributed by atoms with Crippen LogP contribution in [0.3, 0.4) is 0 Å². The van der Waals surface area contributed by atoms with Crippen molar-refractivity contribution in [3.63, 3.8) is 0 Å². The monoisotopic (exact) mass is 431 g/mol. The standard InChI is InChI=1S/C22H23F2N3O4/c1-30-19-13-15(4-6-18(19)31-22(23)24)5-7-20(28)27-11-8-17(9-12-27)26-21(29)16-3-2-10-25-14-16/h2-7,10,13-14,17,22H,8-9,11-12H2,1H3,(H,26,29)/b7-5+. The summed E-state index contributed by atoms with van der Waals surface area (Å²) in [6.45, 7) is -1.91. The smallest absolute Gasteiger partial charge is 0.387 e. The Bertz CT molecular complexity index is 930. The fourth-order valence-corrected chi connectivity index (χ4v) is 3.26. The molecule has 164 valence electrons. The van der Waals surface area contributed by atoms with E-state index >= 15 is 0 Å². The Morgan fingerprint density at radius 3 is 2.65 bits per heavy atom. The highest BCUT2D eigenvalue weighted by Crippen LogP contribution is 2.29. The zero-order valence-corrected chi connectivity index (χ0v) is 17.0. The van der Waals surface area contributed by atoms with Crippen molar-refractivity contribution in [3.8, 4) is 11.5 Å². The zero-order chi connectivity index (χ0) is 22.2. The summed E-state index contributed by atoms with van der Waals surface area (Å²) in [6, 6.07) is 7.84. The van der Waals surface area contributed by atoms with Gasteiger partial charge in [-0.2, -0.15) is 8.78 Å². The van der Waals surface area contributed by atoms with Gasteiger partial charge in [0, 0.05) is 37.6 Å². The van der Waals surface area contributed by atoms with E-state index in [1.54, 1.807) is 35.4 Å². The molecule has 1 aliphatic rings. The van der Waals surface area contributed by atoms with Crippen LogP contribution in [-0.4, -0.2) is 54.6 Å². The third-order valence-corrected chi connectivity index (χ3v) is 4.89. The van der Waals surface area contributed by atoms with Gasteiger partial charge in [-0.25, -0.2) is 0 Å². The van der Waals surface area contributed by atoms with Gasteiger partial charge in [0.25, 0.3) is 5.91 Å². The maximum absolute atomic E-state index is 12.5. The number of piperidine rings is 1. The molecule has 0 unspecified atom stereocenters. The average Bonchev–Trinajstić information content (AvgIpc) is 2.79. The summed E-state index contributed by atoms with van der Waals surface area (Å²) in [5.74, 6) is -0.258. The van der Waals surface area contributed by atoms with E-state index < -0.39 is 6.61 Å². The van der Waals surface area contributed by atoms with Crippen molar-refractivity contribution in [2.75, 3.05) is 20.2 Å². The second-order valence-corrected chi connectivity index (χ2v) is 6.94. The molecule has 31 heavy (non-hydrogen) atoms. The average molecular weight is 431 g/mol. The van der Waals surface area contributed by atoms with Crippen LogP contribution in [-0.2, 0) is 4.79 Å². The fraction of sp³-hybridized carbons (Fsp3) is 0.318. The summed E-state index contributed by atoms with van der Waals surface area (Å²) in [5.41, 5.74) is 1.12. The number of benzene rings is 1. The second kappa shape index (κ2) is 10.5. The van der Waals surface area contributed by atoms with Gasteiger partial charge in [-0.3, -0.25) is 14.6 Å². The topological polar surface area (TPSA) is 80.8 Å². The van der Waals surface area contributed by atoms with Crippen LogP contribution < -0.4 is 14.8 Å². The molecule has 3 rings (SSSR count). The minimum absolute atomic E-state index is 0.00706. The number of methoxy groups -OCH3 is 1. The third-order valence-electron chi connectivity index (χ3n) is 4.89. The molecule has 0 spiro atoms. The molecule has 0 atom stereocenters. The predicted molar refractivity (Wildman–Crippen MR) is 110 cm³/mol. The number of aromatic nitrogens is 1. The van der Waals surface area contributed by atoms with Crippen molar-refractivity contribution in [1.82, 2.24) is 15.2 Å². The lowest BCUT2D eigenvalue weighted by atomic mass is 10.0. The Labute approximate surface area is 178 Å². The number of carbonyl (C=O) groups is 2. The third kappa shape index (κ3) is 6.24. The summed E-state index contributed by atoms with van der Waals surface area (Å²) in [7, 11) is 1.35. The quantitative estimate of drug-likeness (QED) is 0.682. The molecule has 1 aromatic carbocycles. The van der Waals surface area contributed by atoms with Crippen molar-refractivity contribution in [2.45, 2.75) is 25.5 Å². The molecule has 1 aromatic heterocycles. The highest BCUT2D eigenvalue weighted by molar-refractivity contribution is 5.94. The predicted octanol–water partition coefficient (Wildman–Crippen LogP) is 3.13. The number of likely N-dealkylation sites (tertiary alicyclic amines) is 1. The van der Waals surface area contributed by atoms with E-state index in [1.165, 1.54) is 31.5 Å². The van der Waals surface area contributed by atoms with E-state index in [9.17, 15) is 18.4 Å². The molecule has 1 fully saturated rings. The van der Waals surface area contributed by atoms with Gasteiger partial charge in [0.15, 0.2) is 11.5 Å². The van der Waals surface area contributed by atoms with Crippen molar-refractivity contribution >= 4 is 17.9 Å². The molecular weight excluding hydrogens is 408 g/mol. The molecule has 2 aromatic rings. The maximum Gasteiger partial charge on any atom is 0.387 e. The molecular formula is C22H23F2N3O4. The van der Waals surface area contributed by atoms with Crippen LogP contribution in [0.25, 0.3) is 6.08 Å². The fourth-order valence-electron chi connectivity index (χ4n) is 3.26. The minimum atomic E-state index is -2.95. The molecule has 9 heteroatoms. The lowest BCUT2D eigenvalue weighted by Crippen LogP contribution is -2.46. The van der Waals surface area contributed by atoms with Crippen LogP contribution in [0.4, 0.5) is 8.78 Å². The summed E-state index contributed by atoms with van der Waals surface area (Å²) >= 11 is 0. The Hall–Kier alpha value is -3.49. The Balaban J connectivity index is 1.51. The first kappa shape index (κ1) is 22.2. The van der Waals surface area contributed by atoms with Crippen LogP contribution >= 0.6 is 0 Å². The number of rotatable bonds is 7. The number of halogens is 2. The van der Waals surface area contributed by atoms with Gasteiger partial charge in [-0.1, -0.05) is 6.07 Å². The highest BCUT2D eigenvalue weighted by Gasteiger charge is 2.23. The second-order valence-electron chi connectivity index (χ2n) is 6.94. The first-order valence-electron chi connectivity index (χ1n) is 9.77. The van der Waals surface area contributed by atoms with Gasteiger partial charge >= 0.3 is 6.61 Å². The lowest BCUT2D eigenvalue weighted by molar-refractivity contribution is -0.127. The van der Waals surface area contributed by atoms with Gasteiger partial charge in [0.05, 0.1) is 12.7 Å². The van der Waals surface area contributed by atoms with Gasteiger partial charge in [0.2, 0.25) is 5.91 Å². The van der Waals surface area contributed by atoms with Gasteiger partial charge in [-0.05, 0) is 48.7 Å². The van der Waals surface area contributed by atoms with E-state index in [0.717, 1.165) is 0 Å². The van der Waals surface area contributed by atoms with Crippen LogP contribution in [0.1, 0.15) is 28.8 Å². The summed E-state index contributed by atoms with van der Waals surface area (Å²) in [6.07, 6.45) is 7.44. The molecule has 0 radical (unpaired) electrons. The molecule has 7 nitrogen and oxygen atoms in total. The van der Waals surface area contributed by atoms with Crippen LogP contribution in [0, 0.1) is 0 Å². The lowest BCUT2D eigenvalue weighted by Gasteiger charge is -2.31. The zero-order valence-electron chi connectivity index (χ0n) is 17.0.